The summed E-state index contributed by atoms with van der Waals surface area (Å²) in [6.07, 6.45) is -0.371. The standard InChI is InChI=1S/C30H42F3N7O3/c1-6-43-25-16-19(10-11-22(25)28(42)40(5)20-12-14-39(4)15-13-20)36-29-34-17-23(30(31,32)33)26(38-29)37-24-9-7-8-21(24)27(41)35-18(2)3/h10-11,16-18,20-21,24H,6-9,12-15H2,1-5H3,(H,35,41)(H2,34,36,37,38)/t21-,24+/m0/s1. The molecule has 1 aliphatic heterocycles. The van der Waals surface area contributed by atoms with Gasteiger partial charge in [0, 0.05) is 43.1 Å². The van der Waals surface area contributed by atoms with Crippen LogP contribution in [0, 0.1) is 5.92 Å². The van der Waals surface area contributed by atoms with E-state index in [9.17, 15) is 22.8 Å². The van der Waals surface area contributed by atoms with Crippen molar-refractivity contribution >= 4 is 29.3 Å². The molecule has 10 nitrogen and oxygen atoms in total. The van der Waals surface area contributed by atoms with Gasteiger partial charge in [0.05, 0.1) is 18.1 Å². The number of aromatic nitrogens is 2. The molecule has 13 heteroatoms. The van der Waals surface area contributed by atoms with Crippen molar-refractivity contribution in [2.45, 2.75) is 77.2 Å². The maximum Gasteiger partial charge on any atom is 0.421 e. The SMILES string of the molecule is CCOc1cc(Nc2ncc(C(F)(F)F)c(N[C@@H]3CCC[C@@H]3C(=O)NC(C)C)n2)ccc1C(=O)N(C)C1CCN(C)CC1. The third kappa shape index (κ3) is 8.07. The van der Waals surface area contributed by atoms with Crippen molar-refractivity contribution < 1.29 is 27.5 Å². The van der Waals surface area contributed by atoms with E-state index in [1.807, 2.05) is 20.8 Å². The van der Waals surface area contributed by atoms with Crippen molar-refractivity contribution in [3.05, 3.63) is 35.5 Å². The third-order valence-electron chi connectivity index (χ3n) is 8.02. The topological polar surface area (TPSA) is 112 Å². The summed E-state index contributed by atoms with van der Waals surface area (Å²) in [6, 6.07) is 4.46. The van der Waals surface area contributed by atoms with E-state index in [2.05, 4.69) is 37.9 Å². The van der Waals surface area contributed by atoms with Gasteiger partial charge >= 0.3 is 6.18 Å². The van der Waals surface area contributed by atoms with Crippen molar-refractivity contribution in [2.24, 2.45) is 5.92 Å². The maximum atomic E-state index is 13.9. The minimum absolute atomic E-state index is 0.0679. The number of amides is 2. The molecule has 43 heavy (non-hydrogen) atoms. The average molecular weight is 606 g/mol. The summed E-state index contributed by atoms with van der Waals surface area (Å²) in [5.41, 5.74) is -0.167. The number of alkyl halides is 3. The fourth-order valence-corrected chi connectivity index (χ4v) is 5.69. The summed E-state index contributed by atoms with van der Waals surface area (Å²) in [4.78, 5) is 38.2. The van der Waals surface area contributed by atoms with Crippen molar-refractivity contribution in [3.8, 4) is 5.75 Å². The average Bonchev–Trinajstić information content (AvgIpc) is 3.40. The molecule has 0 radical (unpaired) electrons. The Morgan fingerprint density at radius 2 is 1.88 bits per heavy atom. The predicted octanol–water partition coefficient (Wildman–Crippen LogP) is 4.91. The van der Waals surface area contributed by atoms with Crippen LogP contribution < -0.4 is 20.7 Å². The summed E-state index contributed by atoms with van der Waals surface area (Å²) < 4.78 is 47.5. The number of carbonyl (C=O) groups is 2. The number of rotatable bonds is 10. The molecule has 2 heterocycles. The van der Waals surface area contributed by atoms with Gasteiger partial charge in [-0.25, -0.2) is 4.98 Å². The molecular weight excluding hydrogens is 563 g/mol. The molecule has 1 saturated heterocycles. The van der Waals surface area contributed by atoms with Crippen molar-refractivity contribution in [3.63, 3.8) is 0 Å². The largest absolute Gasteiger partial charge is 0.493 e. The van der Waals surface area contributed by atoms with E-state index in [4.69, 9.17) is 4.74 Å². The Balaban J connectivity index is 1.56. The minimum Gasteiger partial charge on any atom is -0.493 e. The Morgan fingerprint density at radius 1 is 1.16 bits per heavy atom. The first-order valence-corrected chi connectivity index (χ1v) is 14.9. The molecule has 1 aromatic carbocycles. The van der Waals surface area contributed by atoms with E-state index in [1.165, 1.54) is 0 Å². The smallest absolute Gasteiger partial charge is 0.421 e. The highest BCUT2D eigenvalue weighted by molar-refractivity contribution is 5.97. The zero-order valence-corrected chi connectivity index (χ0v) is 25.4. The van der Waals surface area contributed by atoms with E-state index in [0.717, 1.165) is 32.1 Å². The number of nitrogens with zero attached hydrogens (tertiary/aromatic N) is 4. The van der Waals surface area contributed by atoms with E-state index in [-0.39, 0.29) is 29.8 Å². The number of ether oxygens (including phenoxy) is 1. The number of likely N-dealkylation sites (tertiary alicyclic amines) is 1. The lowest BCUT2D eigenvalue weighted by atomic mass is 10.0. The van der Waals surface area contributed by atoms with Gasteiger partial charge in [-0.1, -0.05) is 6.42 Å². The molecule has 2 aromatic rings. The van der Waals surface area contributed by atoms with Gasteiger partial charge in [0.25, 0.3) is 5.91 Å². The molecule has 1 aromatic heterocycles. The molecule has 2 atom stereocenters. The summed E-state index contributed by atoms with van der Waals surface area (Å²) in [5, 5.41) is 8.71. The van der Waals surface area contributed by atoms with Gasteiger partial charge in [-0.3, -0.25) is 9.59 Å². The minimum atomic E-state index is -4.70. The van der Waals surface area contributed by atoms with Crippen LogP contribution in [-0.2, 0) is 11.0 Å². The monoisotopic (exact) mass is 605 g/mol. The van der Waals surface area contributed by atoms with Gasteiger partial charge in [-0.05, 0) is 78.7 Å². The second-order valence-corrected chi connectivity index (χ2v) is 11.6. The molecule has 2 fully saturated rings. The van der Waals surface area contributed by atoms with Gasteiger partial charge in [0.1, 0.15) is 17.1 Å². The molecule has 1 saturated carbocycles. The number of benzene rings is 1. The lowest BCUT2D eigenvalue weighted by molar-refractivity contribution is -0.137. The van der Waals surface area contributed by atoms with Crippen molar-refractivity contribution in [1.82, 2.24) is 25.1 Å². The zero-order chi connectivity index (χ0) is 31.3. The number of anilines is 3. The highest BCUT2D eigenvalue weighted by Gasteiger charge is 2.39. The van der Waals surface area contributed by atoms with Gasteiger partial charge in [0.15, 0.2) is 0 Å². The molecule has 1 aliphatic carbocycles. The van der Waals surface area contributed by atoms with E-state index in [0.29, 0.717) is 42.9 Å². The highest BCUT2D eigenvalue weighted by Crippen LogP contribution is 2.37. The fraction of sp³-hybridized carbons (Fsp3) is 0.600. The summed E-state index contributed by atoms with van der Waals surface area (Å²) in [5.74, 6) is -0.925. The second kappa shape index (κ2) is 13.8. The van der Waals surface area contributed by atoms with Crippen LogP contribution in [0.1, 0.15) is 68.8 Å². The van der Waals surface area contributed by atoms with Crippen molar-refractivity contribution in [2.75, 3.05) is 44.4 Å². The molecule has 3 N–H and O–H groups in total. The molecule has 2 amide bonds. The lowest BCUT2D eigenvalue weighted by Gasteiger charge is -2.35. The molecule has 0 unspecified atom stereocenters. The Labute approximate surface area is 250 Å². The number of piperidine rings is 1. The lowest BCUT2D eigenvalue weighted by Crippen LogP contribution is -2.44. The Kier molecular flexibility index (Phi) is 10.4. The summed E-state index contributed by atoms with van der Waals surface area (Å²) in [7, 11) is 3.86. The number of halogens is 3. The number of hydrogen-bond donors (Lipinski definition) is 3. The fourth-order valence-electron chi connectivity index (χ4n) is 5.69. The van der Waals surface area contributed by atoms with E-state index >= 15 is 0 Å². The summed E-state index contributed by atoms with van der Waals surface area (Å²) >= 11 is 0. The third-order valence-corrected chi connectivity index (χ3v) is 8.02. The normalized spacial score (nSPS) is 19.7. The predicted molar refractivity (Wildman–Crippen MR) is 159 cm³/mol. The maximum absolute atomic E-state index is 13.9. The first-order chi connectivity index (χ1) is 20.4. The zero-order valence-electron chi connectivity index (χ0n) is 25.4. The molecule has 4 rings (SSSR count). The quantitative estimate of drug-likeness (QED) is 0.351. The van der Waals surface area contributed by atoms with Crippen LogP contribution in [0.2, 0.25) is 0 Å². The molecule has 2 aliphatic rings. The van der Waals surface area contributed by atoms with Gasteiger partial charge < -0.3 is 30.5 Å². The number of hydrogen-bond acceptors (Lipinski definition) is 8. The van der Waals surface area contributed by atoms with Gasteiger partial charge in [0.2, 0.25) is 11.9 Å². The first-order valence-electron chi connectivity index (χ1n) is 14.9. The summed E-state index contributed by atoms with van der Waals surface area (Å²) in [6.45, 7) is 7.64. The molecular formula is C30H42F3N7O3. The second-order valence-electron chi connectivity index (χ2n) is 11.6. The van der Waals surface area contributed by atoms with Crippen LogP contribution in [0.5, 0.6) is 5.75 Å². The Bertz CT molecular complexity index is 1280. The first kappa shape index (κ1) is 32.3. The molecule has 0 bridgehead atoms. The van der Waals surface area contributed by atoms with E-state index in [1.54, 1.807) is 30.1 Å². The Hall–Kier alpha value is -3.61. The van der Waals surface area contributed by atoms with Crippen LogP contribution in [0.3, 0.4) is 0 Å². The van der Waals surface area contributed by atoms with Crippen LogP contribution in [0.4, 0.5) is 30.6 Å². The van der Waals surface area contributed by atoms with Gasteiger partial charge in [-0.15, -0.1) is 0 Å². The van der Waals surface area contributed by atoms with Gasteiger partial charge in [-0.2, -0.15) is 18.2 Å². The molecule has 236 valence electrons. The molecule has 0 spiro atoms. The van der Waals surface area contributed by atoms with Crippen LogP contribution >= 0.6 is 0 Å². The number of nitrogens with one attached hydrogen (secondary N) is 3. The van der Waals surface area contributed by atoms with E-state index < -0.39 is 29.5 Å². The highest BCUT2D eigenvalue weighted by atomic mass is 19.4. The Morgan fingerprint density at radius 3 is 2.53 bits per heavy atom. The van der Waals surface area contributed by atoms with Crippen LogP contribution in [0.15, 0.2) is 24.4 Å². The van der Waals surface area contributed by atoms with Crippen LogP contribution in [-0.4, -0.2) is 83.5 Å². The van der Waals surface area contributed by atoms with Crippen molar-refractivity contribution in [1.29, 1.82) is 0 Å². The van der Waals surface area contributed by atoms with Crippen LogP contribution in [0.25, 0.3) is 0 Å². The number of carbonyl (C=O) groups excluding carboxylic acids is 2.